The van der Waals surface area contributed by atoms with Gasteiger partial charge in [-0.1, -0.05) is 6.07 Å². The lowest BCUT2D eigenvalue weighted by molar-refractivity contribution is 0.174. The first-order valence-corrected chi connectivity index (χ1v) is 7.45. The second kappa shape index (κ2) is 4.53. The van der Waals surface area contributed by atoms with Gasteiger partial charge >= 0.3 is 0 Å². The third-order valence-corrected chi connectivity index (χ3v) is 4.44. The molecule has 2 aromatic heterocycles. The highest BCUT2D eigenvalue weighted by Crippen LogP contribution is 2.41. The first-order chi connectivity index (χ1) is 10.2. The molecule has 106 valence electrons. The summed E-state index contributed by atoms with van der Waals surface area (Å²) in [6.07, 6.45) is 0. The second-order valence-electron chi connectivity index (χ2n) is 4.90. The molecule has 0 bridgehead atoms. The van der Waals surface area contributed by atoms with Crippen molar-refractivity contribution >= 4 is 17.2 Å². The van der Waals surface area contributed by atoms with Gasteiger partial charge in [0, 0.05) is 10.9 Å². The number of aromatic nitrogens is 2. The molecule has 0 unspecified atom stereocenters. The van der Waals surface area contributed by atoms with Crippen molar-refractivity contribution < 1.29 is 9.47 Å². The Morgan fingerprint density at radius 2 is 2.10 bits per heavy atom. The molecule has 3 heterocycles. The smallest absolute Gasteiger partial charge is 0.231 e. The number of fused-ring (bicyclic) bond motifs is 1. The monoisotopic (exact) mass is 299 g/mol. The molecule has 4 rings (SSSR count). The number of aryl methyl sites for hydroxylation is 1. The number of rotatable bonds is 2. The van der Waals surface area contributed by atoms with Crippen LogP contribution in [0.3, 0.4) is 0 Å². The molecule has 3 N–H and O–H groups in total. The Balaban J connectivity index is 1.89. The van der Waals surface area contributed by atoms with Gasteiger partial charge in [0.25, 0.3) is 0 Å². The van der Waals surface area contributed by atoms with Crippen molar-refractivity contribution in [1.82, 2.24) is 10.2 Å². The van der Waals surface area contributed by atoms with E-state index in [0.29, 0.717) is 5.82 Å². The van der Waals surface area contributed by atoms with Gasteiger partial charge in [-0.05, 0) is 35.6 Å². The summed E-state index contributed by atoms with van der Waals surface area (Å²) in [6.45, 7) is 2.34. The third kappa shape index (κ3) is 1.87. The number of benzene rings is 1. The fourth-order valence-corrected chi connectivity index (χ4v) is 3.35. The van der Waals surface area contributed by atoms with Crippen LogP contribution in [-0.4, -0.2) is 17.0 Å². The molecule has 0 atom stereocenters. The van der Waals surface area contributed by atoms with Gasteiger partial charge in [0.2, 0.25) is 6.79 Å². The predicted octanol–water partition coefficient (Wildman–Crippen LogP) is 3.42. The number of aromatic amines is 1. The number of ether oxygens (including phenoxy) is 2. The average Bonchev–Trinajstić information content (AvgIpc) is 3.17. The van der Waals surface area contributed by atoms with Crippen LogP contribution in [0.1, 0.15) is 5.56 Å². The first kappa shape index (κ1) is 12.3. The number of H-pyrrole nitrogens is 1. The van der Waals surface area contributed by atoms with Gasteiger partial charge in [-0.25, -0.2) is 0 Å². The molecule has 0 saturated carbocycles. The molecule has 1 aliphatic heterocycles. The maximum absolute atomic E-state index is 6.06. The number of thiophene rings is 1. The lowest BCUT2D eigenvalue weighted by atomic mass is 10.0. The Hall–Kier alpha value is -2.47. The highest BCUT2D eigenvalue weighted by atomic mass is 32.1. The largest absolute Gasteiger partial charge is 0.454 e. The van der Waals surface area contributed by atoms with Crippen LogP contribution in [0, 0.1) is 6.92 Å². The maximum atomic E-state index is 6.06. The van der Waals surface area contributed by atoms with Crippen molar-refractivity contribution in [2.75, 3.05) is 12.5 Å². The van der Waals surface area contributed by atoms with E-state index in [1.165, 1.54) is 5.56 Å². The van der Waals surface area contributed by atoms with E-state index in [1.807, 2.05) is 18.2 Å². The summed E-state index contributed by atoms with van der Waals surface area (Å²) in [5.41, 5.74) is 11.2. The lowest BCUT2D eigenvalue weighted by Gasteiger charge is -2.06. The normalized spacial score (nSPS) is 12.8. The topological polar surface area (TPSA) is 73.2 Å². The molecule has 0 spiro atoms. The summed E-state index contributed by atoms with van der Waals surface area (Å²) in [6, 6.07) is 5.81. The Morgan fingerprint density at radius 3 is 2.90 bits per heavy atom. The van der Waals surface area contributed by atoms with E-state index in [2.05, 4.69) is 27.9 Å². The van der Waals surface area contributed by atoms with Crippen LogP contribution >= 0.6 is 11.3 Å². The number of hydrogen-bond acceptors (Lipinski definition) is 5. The highest BCUT2D eigenvalue weighted by molar-refractivity contribution is 7.08. The number of nitrogens with one attached hydrogen (secondary N) is 1. The molecule has 1 aliphatic rings. The van der Waals surface area contributed by atoms with Crippen LogP contribution in [-0.2, 0) is 0 Å². The standard InChI is InChI=1S/C15H13N3O2S/c1-8-5-21-6-10(8)14-13(15(16)18-17-14)9-2-3-11-12(4-9)20-7-19-11/h2-6H,7H2,1H3,(H3,16,17,18). The summed E-state index contributed by atoms with van der Waals surface area (Å²) in [4.78, 5) is 0. The van der Waals surface area contributed by atoms with Gasteiger partial charge in [0.1, 0.15) is 0 Å². The molecule has 0 saturated heterocycles. The molecule has 6 heteroatoms. The van der Waals surface area contributed by atoms with Crippen LogP contribution in [0.5, 0.6) is 11.5 Å². The second-order valence-corrected chi connectivity index (χ2v) is 5.64. The average molecular weight is 299 g/mol. The van der Waals surface area contributed by atoms with Crippen LogP contribution < -0.4 is 15.2 Å². The first-order valence-electron chi connectivity index (χ1n) is 6.51. The molecule has 0 fully saturated rings. The molecule has 21 heavy (non-hydrogen) atoms. The van der Waals surface area contributed by atoms with E-state index in [9.17, 15) is 0 Å². The zero-order chi connectivity index (χ0) is 14.4. The van der Waals surface area contributed by atoms with E-state index in [1.54, 1.807) is 11.3 Å². The van der Waals surface area contributed by atoms with Gasteiger partial charge < -0.3 is 15.2 Å². The van der Waals surface area contributed by atoms with E-state index in [4.69, 9.17) is 15.2 Å². The summed E-state index contributed by atoms with van der Waals surface area (Å²) in [7, 11) is 0. The fraction of sp³-hybridized carbons (Fsp3) is 0.133. The van der Waals surface area contributed by atoms with Gasteiger partial charge in [-0.2, -0.15) is 16.4 Å². The number of nitrogens with zero attached hydrogens (tertiary/aromatic N) is 1. The summed E-state index contributed by atoms with van der Waals surface area (Å²) >= 11 is 1.66. The van der Waals surface area contributed by atoms with E-state index < -0.39 is 0 Å². The van der Waals surface area contributed by atoms with Crippen LogP contribution in [0.4, 0.5) is 5.82 Å². The zero-order valence-electron chi connectivity index (χ0n) is 11.3. The van der Waals surface area contributed by atoms with Crippen molar-refractivity contribution in [1.29, 1.82) is 0 Å². The van der Waals surface area contributed by atoms with Gasteiger partial charge in [0.15, 0.2) is 17.3 Å². The number of hydrogen-bond donors (Lipinski definition) is 2. The van der Waals surface area contributed by atoms with Crippen molar-refractivity contribution in [2.45, 2.75) is 6.92 Å². The third-order valence-electron chi connectivity index (χ3n) is 3.58. The Bertz CT molecular complexity index is 822. The molecule has 0 radical (unpaired) electrons. The lowest BCUT2D eigenvalue weighted by Crippen LogP contribution is -1.93. The van der Waals surface area contributed by atoms with E-state index >= 15 is 0 Å². The molecule has 3 aromatic rings. The molecular formula is C15H13N3O2S. The van der Waals surface area contributed by atoms with Crippen molar-refractivity contribution in [3.63, 3.8) is 0 Å². The Morgan fingerprint density at radius 1 is 1.24 bits per heavy atom. The molecular weight excluding hydrogens is 286 g/mol. The van der Waals surface area contributed by atoms with E-state index in [0.717, 1.165) is 33.9 Å². The minimum atomic E-state index is 0.260. The molecule has 5 nitrogen and oxygen atoms in total. The number of nitrogens with two attached hydrogens (primary N) is 1. The zero-order valence-corrected chi connectivity index (χ0v) is 12.2. The number of anilines is 1. The van der Waals surface area contributed by atoms with Crippen molar-refractivity contribution in [3.8, 4) is 33.9 Å². The Kier molecular flexibility index (Phi) is 2.65. The van der Waals surface area contributed by atoms with Crippen LogP contribution in [0.15, 0.2) is 29.0 Å². The van der Waals surface area contributed by atoms with Gasteiger partial charge in [-0.15, -0.1) is 0 Å². The summed E-state index contributed by atoms with van der Waals surface area (Å²) in [5.74, 6) is 1.98. The summed E-state index contributed by atoms with van der Waals surface area (Å²) < 4.78 is 10.8. The molecule has 0 amide bonds. The van der Waals surface area contributed by atoms with Crippen LogP contribution in [0.25, 0.3) is 22.4 Å². The molecule has 1 aromatic carbocycles. The minimum absolute atomic E-state index is 0.260. The molecule has 0 aliphatic carbocycles. The van der Waals surface area contributed by atoms with Crippen molar-refractivity contribution in [2.24, 2.45) is 0 Å². The van der Waals surface area contributed by atoms with Crippen LogP contribution in [0.2, 0.25) is 0 Å². The SMILES string of the molecule is Cc1cscc1-c1[nH]nc(N)c1-c1ccc2c(c1)OCO2. The Labute approximate surface area is 125 Å². The maximum Gasteiger partial charge on any atom is 0.231 e. The quantitative estimate of drug-likeness (QED) is 0.760. The van der Waals surface area contributed by atoms with E-state index in [-0.39, 0.29) is 6.79 Å². The minimum Gasteiger partial charge on any atom is -0.454 e. The number of nitrogen functional groups attached to an aromatic ring is 1. The van der Waals surface area contributed by atoms with Gasteiger partial charge in [0.05, 0.1) is 11.3 Å². The van der Waals surface area contributed by atoms with Gasteiger partial charge in [-0.3, -0.25) is 5.10 Å². The van der Waals surface area contributed by atoms with Crippen molar-refractivity contribution in [3.05, 3.63) is 34.5 Å². The fourth-order valence-electron chi connectivity index (χ4n) is 2.51. The summed E-state index contributed by atoms with van der Waals surface area (Å²) in [5, 5.41) is 11.4. The predicted molar refractivity (Wildman–Crippen MR) is 82.6 cm³/mol. The highest BCUT2D eigenvalue weighted by Gasteiger charge is 2.20.